The first-order valence-electron chi connectivity index (χ1n) is 6.34. The third kappa shape index (κ3) is 5.25. The third-order valence-corrected chi connectivity index (χ3v) is 2.35. The summed E-state index contributed by atoms with van der Waals surface area (Å²) < 4.78 is 49.4. The van der Waals surface area contributed by atoms with Gasteiger partial charge in [-0.05, 0) is 27.7 Å². The van der Waals surface area contributed by atoms with E-state index < -0.39 is 35.0 Å². The molecule has 1 heterocycles. The number of halogens is 4. The average molecular weight is 341 g/mol. The number of nitrogens with zero attached hydrogens (tertiary/aromatic N) is 1. The summed E-state index contributed by atoms with van der Waals surface area (Å²) in [7, 11) is 0. The minimum absolute atomic E-state index is 0.0394. The molecule has 5 nitrogen and oxygen atoms in total. The Hall–Kier alpha value is -1.70. The fraction of sp³-hybridized carbons (Fsp3) is 0.538. The van der Waals surface area contributed by atoms with Crippen molar-refractivity contribution in [2.24, 2.45) is 0 Å². The highest BCUT2D eigenvalue weighted by atomic mass is 35.5. The van der Waals surface area contributed by atoms with E-state index in [1.54, 1.807) is 20.8 Å². The summed E-state index contributed by atoms with van der Waals surface area (Å²) in [5, 5.41) is 1.78. The van der Waals surface area contributed by atoms with Gasteiger partial charge in [-0.3, -0.25) is 5.32 Å². The lowest BCUT2D eigenvalue weighted by Crippen LogP contribution is -2.28. The molecule has 1 amide bonds. The number of pyridine rings is 1. The summed E-state index contributed by atoms with van der Waals surface area (Å²) in [4.78, 5) is 15.2. The molecule has 0 saturated heterocycles. The fourth-order valence-electron chi connectivity index (χ4n) is 1.52. The maximum atomic E-state index is 13.2. The number of amides is 1. The predicted molar refractivity (Wildman–Crippen MR) is 75.3 cm³/mol. The van der Waals surface area contributed by atoms with Crippen LogP contribution in [0.1, 0.15) is 33.3 Å². The first kappa shape index (κ1) is 18.3. The molecule has 0 atom stereocenters. The van der Waals surface area contributed by atoms with Crippen molar-refractivity contribution >= 4 is 23.4 Å². The summed E-state index contributed by atoms with van der Waals surface area (Å²) in [5.74, 6) is -0.700. The molecular weight excluding hydrogens is 325 g/mol. The van der Waals surface area contributed by atoms with E-state index >= 15 is 0 Å². The van der Waals surface area contributed by atoms with Crippen molar-refractivity contribution in [1.82, 2.24) is 4.98 Å². The van der Waals surface area contributed by atoms with Gasteiger partial charge in [-0.1, -0.05) is 11.6 Å². The molecule has 0 aliphatic rings. The van der Waals surface area contributed by atoms with Crippen LogP contribution in [0, 0.1) is 0 Å². The van der Waals surface area contributed by atoms with E-state index in [1.807, 2.05) is 5.32 Å². The van der Waals surface area contributed by atoms with Crippen molar-refractivity contribution in [2.75, 3.05) is 11.9 Å². The predicted octanol–water partition coefficient (Wildman–Crippen LogP) is 4.50. The molecule has 0 spiro atoms. The lowest BCUT2D eigenvalue weighted by atomic mass is 10.2. The molecule has 0 radical (unpaired) electrons. The highest BCUT2D eigenvalue weighted by Crippen LogP contribution is 2.41. The van der Waals surface area contributed by atoms with E-state index in [0.29, 0.717) is 0 Å². The van der Waals surface area contributed by atoms with Gasteiger partial charge >= 0.3 is 12.3 Å². The number of hydrogen-bond acceptors (Lipinski definition) is 4. The Balaban J connectivity index is 3.25. The van der Waals surface area contributed by atoms with Crippen LogP contribution >= 0.6 is 11.6 Å². The van der Waals surface area contributed by atoms with Crippen LogP contribution in [0.15, 0.2) is 6.07 Å². The van der Waals surface area contributed by atoms with E-state index in [2.05, 4.69) is 4.98 Å². The van der Waals surface area contributed by atoms with Gasteiger partial charge in [-0.25, -0.2) is 9.78 Å². The molecule has 0 fully saturated rings. The Labute approximate surface area is 130 Å². The minimum atomic E-state index is -4.79. The largest absolute Gasteiger partial charge is 0.477 e. The van der Waals surface area contributed by atoms with Crippen LogP contribution in [0.5, 0.6) is 5.88 Å². The van der Waals surface area contributed by atoms with Gasteiger partial charge in [0.2, 0.25) is 5.88 Å². The van der Waals surface area contributed by atoms with Crippen LogP contribution in [-0.2, 0) is 10.9 Å². The number of rotatable bonds is 3. The highest BCUT2D eigenvalue weighted by Gasteiger charge is 2.39. The molecule has 0 bridgehead atoms. The molecule has 0 saturated carbocycles. The third-order valence-electron chi connectivity index (χ3n) is 2.16. The van der Waals surface area contributed by atoms with Crippen LogP contribution in [-0.4, -0.2) is 23.3 Å². The number of carbonyl (C=O) groups is 1. The Morgan fingerprint density at radius 1 is 1.36 bits per heavy atom. The van der Waals surface area contributed by atoms with Crippen molar-refractivity contribution < 1.29 is 27.4 Å². The highest BCUT2D eigenvalue weighted by molar-refractivity contribution is 6.29. The van der Waals surface area contributed by atoms with E-state index in [-0.39, 0.29) is 11.8 Å². The molecule has 1 N–H and O–H groups in total. The molecule has 0 aliphatic carbocycles. The number of hydrogen-bond donors (Lipinski definition) is 1. The van der Waals surface area contributed by atoms with Gasteiger partial charge in [0.1, 0.15) is 16.3 Å². The Bertz CT molecular complexity index is 557. The fourth-order valence-corrected chi connectivity index (χ4v) is 1.70. The molecule has 124 valence electrons. The topological polar surface area (TPSA) is 60.5 Å². The first-order chi connectivity index (χ1) is 9.94. The molecule has 1 rings (SSSR count). The Morgan fingerprint density at radius 3 is 2.41 bits per heavy atom. The van der Waals surface area contributed by atoms with E-state index in [0.717, 1.165) is 6.07 Å². The molecular formula is C13H16ClF3N2O3. The summed E-state index contributed by atoms with van der Waals surface area (Å²) in [6.07, 6.45) is -5.82. The summed E-state index contributed by atoms with van der Waals surface area (Å²) >= 11 is 5.67. The summed E-state index contributed by atoms with van der Waals surface area (Å²) in [5.41, 5.74) is -2.66. The van der Waals surface area contributed by atoms with Crippen LogP contribution < -0.4 is 10.1 Å². The zero-order valence-corrected chi connectivity index (χ0v) is 13.2. The molecule has 0 aliphatic heterocycles. The average Bonchev–Trinajstić information content (AvgIpc) is 2.23. The van der Waals surface area contributed by atoms with Crippen LogP contribution in [0.3, 0.4) is 0 Å². The van der Waals surface area contributed by atoms with Crippen molar-refractivity contribution in [2.45, 2.75) is 39.5 Å². The van der Waals surface area contributed by atoms with Crippen LogP contribution in [0.25, 0.3) is 0 Å². The SMILES string of the molecule is CCOc1nc(Cl)cc(NC(=O)OC(C)(C)C)c1C(F)(F)F. The van der Waals surface area contributed by atoms with Gasteiger partial charge in [-0.15, -0.1) is 0 Å². The number of alkyl halides is 3. The van der Waals surface area contributed by atoms with E-state index in [9.17, 15) is 18.0 Å². The number of nitrogens with one attached hydrogen (secondary N) is 1. The monoisotopic (exact) mass is 340 g/mol. The van der Waals surface area contributed by atoms with Crippen LogP contribution in [0.2, 0.25) is 5.15 Å². The van der Waals surface area contributed by atoms with Crippen LogP contribution in [0.4, 0.5) is 23.7 Å². The Morgan fingerprint density at radius 2 is 1.95 bits per heavy atom. The number of aromatic nitrogens is 1. The zero-order valence-electron chi connectivity index (χ0n) is 12.5. The standard InChI is InChI=1S/C13H16ClF3N2O3/c1-5-21-10-9(13(15,16)17)7(6-8(14)19-10)18-11(20)22-12(2,3)4/h6H,5H2,1-4H3,(H,18,19,20). The van der Waals surface area contributed by atoms with E-state index in [4.69, 9.17) is 21.1 Å². The number of carbonyl (C=O) groups excluding carboxylic acids is 1. The first-order valence-corrected chi connectivity index (χ1v) is 6.72. The minimum Gasteiger partial charge on any atom is -0.477 e. The molecule has 0 unspecified atom stereocenters. The van der Waals surface area contributed by atoms with Crippen molar-refractivity contribution in [3.05, 3.63) is 16.8 Å². The quantitative estimate of drug-likeness (QED) is 0.823. The molecule has 1 aromatic heterocycles. The maximum Gasteiger partial charge on any atom is 0.423 e. The van der Waals surface area contributed by atoms with Crippen molar-refractivity contribution in [1.29, 1.82) is 0 Å². The molecule has 22 heavy (non-hydrogen) atoms. The van der Waals surface area contributed by atoms with Gasteiger partial charge in [0, 0.05) is 6.07 Å². The van der Waals surface area contributed by atoms with E-state index in [1.165, 1.54) is 6.92 Å². The second-order valence-corrected chi connectivity index (χ2v) is 5.62. The normalized spacial score (nSPS) is 12.0. The van der Waals surface area contributed by atoms with Gasteiger partial charge in [0.05, 0.1) is 12.3 Å². The second-order valence-electron chi connectivity index (χ2n) is 5.23. The van der Waals surface area contributed by atoms with Crippen molar-refractivity contribution in [3.63, 3.8) is 0 Å². The second kappa shape index (κ2) is 6.60. The number of anilines is 1. The maximum absolute atomic E-state index is 13.2. The van der Waals surface area contributed by atoms with Gasteiger partial charge in [0.25, 0.3) is 0 Å². The smallest absolute Gasteiger partial charge is 0.423 e. The number of ether oxygens (including phenoxy) is 2. The zero-order chi connectivity index (χ0) is 17.1. The van der Waals surface area contributed by atoms with Crippen molar-refractivity contribution in [3.8, 4) is 5.88 Å². The van der Waals surface area contributed by atoms with Gasteiger partial charge in [0.15, 0.2) is 0 Å². The van der Waals surface area contributed by atoms with Gasteiger partial charge < -0.3 is 9.47 Å². The van der Waals surface area contributed by atoms with Gasteiger partial charge in [-0.2, -0.15) is 13.2 Å². The molecule has 9 heteroatoms. The summed E-state index contributed by atoms with van der Waals surface area (Å²) in [6, 6.07) is 0.886. The lowest BCUT2D eigenvalue weighted by molar-refractivity contribution is -0.138. The molecule has 1 aromatic rings. The molecule has 0 aromatic carbocycles. The Kier molecular flexibility index (Phi) is 5.50. The summed E-state index contributed by atoms with van der Waals surface area (Å²) in [6.45, 7) is 6.22. The lowest BCUT2D eigenvalue weighted by Gasteiger charge is -2.21.